The molecule has 24 heavy (non-hydrogen) atoms. The molecule has 0 bridgehead atoms. The molecule has 0 saturated heterocycles. The van der Waals surface area contributed by atoms with Crippen molar-refractivity contribution in [3.8, 4) is 5.75 Å². The molecule has 0 fully saturated rings. The van der Waals surface area contributed by atoms with Gasteiger partial charge >= 0.3 is 0 Å². The van der Waals surface area contributed by atoms with Gasteiger partial charge in [0.2, 0.25) is 0 Å². The van der Waals surface area contributed by atoms with E-state index in [-0.39, 0.29) is 51.9 Å². The van der Waals surface area contributed by atoms with Crippen molar-refractivity contribution in [2.24, 2.45) is 0 Å². The molecule has 0 unspecified atom stereocenters. The minimum absolute atomic E-state index is 0. The molecule has 5 heteroatoms. The third-order valence-electron chi connectivity index (χ3n) is 3.43. The van der Waals surface area contributed by atoms with Crippen LogP contribution in [0, 0.1) is 13.0 Å². The van der Waals surface area contributed by atoms with Crippen molar-refractivity contribution < 1.29 is 51.6 Å². The Morgan fingerprint density at radius 1 is 1.04 bits per heavy atom. The van der Waals surface area contributed by atoms with Crippen LogP contribution in [0.15, 0.2) is 35.5 Å². The van der Waals surface area contributed by atoms with E-state index >= 15 is 0 Å². The SMILES string of the molecule is C[Si](C)(C)C1=[C-]CC=C1.Cc1cc(O)cc(C(C)(C)C)c1.[Cl-].[Cl-].[Ti]. The van der Waals surface area contributed by atoms with E-state index in [2.05, 4.69) is 64.7 Å². The Kier molecular flexibility index (Phi) is 13.9. The van der Waals surface area contributed by atoms with E-state index < -0.39 is 8.07 Å². The predicted octanol–water partition coefficient (Wildman–Crippen LogP) is -0.443. The van der Waals surface area contributed by atoms with Gasteiger partial charge in [0, 0.05) is 29.8 Å². The van der Waals surface area contributed by atoms with Crippen LogP contribution < -0.4 is 24.8 Å². The van der Waals surface area contributed by atoms with Gasteiger partial charge in [-0.15, -0.1) is 6.42 Å². The molecule has 1 aliphatic carbocycles. The van der Waals surface area contributed by atoms with Gasteiger partial charge in [0.25, 0.3) is 0 Å². The van der Waals surface area contributed by atoms with Gasteiger partial charge in [0.1, 0.15) is 5.75 Å². The molecule has 1 nitrogen and oxygen atoms in total. The van der Waals surface area contributed by atoms with E-state index in [1.165, 1.54) is 10.8 Å². The number of allylic oxidation sites excluding steroid dienone is 4. The predicted molar refractivity (Wildman–Crippen MR) is 95.4 cm³/mol. The molecule has 0 aromatic heterocycles. The van der Waals surface area contributed by atoms with Crippen LogP contribution in [0.25, 0.3) is 0 Å². The monoisotopic (exact) mass is 419 g/mol. The molecule has 1 aromatic rings. The van der Waals surface area contributed by atoms with Crippen LogP contribution in [0.5, 0.6) is 5.75 Å². The topological polar surface area (TPSA) is 20.2 Å². The fourth-order valence-electron chi connectivity index (χ4n) is 2.12. The summed E-state index contributed by atoms with van der Waals surface area (Å²) in [5.74, 6) is 0.361. The van der Waals surface area contributed by atoms with Crippen molar-refractivity contribution >= 4 is 8.07 Å². The molecule has 0 radical (unpaired) electrons. The number of halogens is 2. The Labute approximate surface area is 176 Å². The van der Waals surface area contributed by atoms with Crippen LogP contribution in [-0.2, 0) is 27.1 Å². The maximum absolute atomic E-state index is 9.36. The van der Waals surface area contributed by atoms with Gasteiger partial charge in [0.15, 0.2) is 0 Å². The molecule has 1 aliphatic rings. The molecule has 1 aromatic carbocycles. The molecular weight excluding hydrogens is 391 g/mol. The summed E-state index contributed by atoms with van der Waals surface area (Å²) in [5, 5.41) is 10.8. The fourth-order valence-corrected chi connectivity index (χ4v) is 3.37. The van der Waals surface area contributed by atoms with Crippen LogP contribution in [0.1, 0.15) is 38.3 Å². The molecule has 0 amide bonds. The number of phenols is 1. The largest absolute Gasteiger partial charge is 1.00 e. The Morgan fingerprint density at radius 3 is 1.88 bits per heavy atom. The van der Waals surface area contributed by atoms with Crippen molar-refractivity contribution in [1.29, 1.82) is 0 Å². The first-order valence-corrected chi connectivity index (χ1v) is 11.1. The summed E-state index contributed by atoms with van der Waals surface area (Å²) in [4.78, 5) is 0. The summed E-state index contributed by atoms with van der Waals surface area (Å²) in [7, 11) is -1.01. The van der Waals surface area contributed by atoms with Crippen LogP contribution in [0.4, 0.5) is 0 Å². The van der Waals surface area contributed by atoms with Gasteiger partial charge in [-0.2, -0.15) is 6.08 Å². The van der Waals surface area contributed by atoms with Gasteiger partial charge in [-0.1, -0.05) is 46.5 Å². The summed E-state index contributed by atoms with van der Waals surface area (Å²) in [6.45, 7) is 15.5. The standard InChI is InChI=1S/C11H16O.C8H13Si.2ClH.Ti/c1-8-5-9(11(2,3)4)7-10(12)6-8;1-9(2,3)8-6-4-5-7-8;;;/h5-7,12H,1-4H3;4,6H,5H2,1-3H3;2*1H;/q;-1;;;/p-2. The normalized spacial score (nSPS) is 12.7. The van der Waals surface area contributed by atoms with Crippen molar-refractivity contribution in [3.05, 3.63) is 52.8 Å². The third kappa shape index (κ3) is 10.1. The summed E-state index contributed by atoms with van der Waals surface area (Å²) in [6.07, 6.45) is 8.82. The van der Waals surface area contributed by atoms with E-state index in [9.17, 15) is 5.11 Å². The smallest absolute Gasteiger partial charge is 0.116 e. The van der Waals surface area contributed by atoms with Gasteiger partial charge in [0.05, 0.1) is 0 Å². The summed E-state index contributed by atoms with van der Waals surface area (Å²) in [6, 6.07) is 5.71. The van der Waals surface area contributed by atoms with Crippen molar-refractivity contribution in [3.63, 3.8) is 0 Å². The Balaban J connectivity index is -0.000000336. The zero-order chi connectivity index (χ0) is 16.3. The van der Waals surface area contributed by atoms with Crippen molar-refractivity contribution in [1.82, 2.24) is 0 Å². The first kappa shape index (κ1) is 28.8. The third-order valence-corrected chi connectivity index (χ3v) is 5.39. The van der Waals surface area contributed by atoms with E-state index in [4.69, 9.17) is 0 Å². The zero-order valence-corrected chi connectivity index (χ0v) is 19.9. The molecule has 0 saturated carbocycles. The molecule has 0 aliphatic heterocycles. The van der Waals surface area contributed by atoms with E-state index in [1.54, 1.807) is 6.07 Å². The van der Waals surface area contributed by atoms with E-state index in [0.717, 1.165) is 12.0 Å². The summed E-state index contributed by atoms with van der Waals surface area (Å²) in [5.41, 5.74) is 2.41. The number of hydrogen-bond acceptors (Lipinski definition) is 1. The Bertz CT molecular complexity index is 535. The van der Waals surface area contributed by atoms with Crippen LogP contribution in [-0.4, -0.2) is 13.2 Å². The second kappa shape index (κ2) is 11.6. The van der Waals surface area contributed by atoms with Crippen LogP contribution in [0.2, 0.25) is 19.6 Å². The molecule has 2 rings (SSSR count). The number of aromatic hydroxyl groups is 1. The minimum Gasteiger partial charge on any atom is -1.00 e. The van der Waals surface area contributed by atoms with Gasteiger partial charge in [-0.3, -0.25) is 6.08 Å². The quantitative estimate of drug-likeness (QED) is 0.483. The fraction of sp³-hybridized carbons (Fsp3) is 0.474. The number of aryl methyl sites for hydroxylation is 1. The molecule has 0 heterocycles. The average Bonchev–Trinajstić information content (AvgIpc) is 2.79. The summed E-state index contributed by atoms with van der Waals surface area (Å²) >= 11 is 0. The second-order valence-electron chi connectivity index (χ2n) is 7.75. The Morgan fingerprint density at radius 2 is 1.58 bits per heavy atom. The summed E-state index contributed by atoms with van der Waals surface area (Å²) < 4.78 is 0. The molecule has 136 valence electrons. The first-order chi connectivity index (χ1) is 9.50. The van der Waals surface area contributed by atoms with Crippen molar-refractivity contribution in [2.75, 3.05) is 0 Å². The zero-order valence-electron chi connectivity index (χ0n) is 15.8. The Hall–Kier alpha value is 0.0112. The number of hydrogen-bond donors (Lipinski definition) is 1. The molecule has 0 spiro atoms. The maximum Gasteiger partial charge on any atom is 0.116 e. The molecule has 0 atom stereocenters. The second-order valence-corrected chi connectivity index (χ2v) is 12.8. The molecular formula is C19H29Cl2OSiTi-3. The van der Waals surface area contributed by atoms with Crippen LogP contribution >= 0.6 is 0 Å². The van der Waals surface area contributed by atoms with Gasteiger partial charge in [-0.25, -0.2) is 11.3 Å². The number of rotatable bonds is 1. The minimum atomic E-state index is -1.01. The average molecular weight is 420 g/mol. The maximum atomic E-state index is 9.36. The number of benzene rings is 1. The first-order valence-electron chi connectivity index (χ1n) is 7.59. The van der Waals surface area contributed by atoms with Crippen molar-refractivity contribution in [2.45, 2.75) is 59.2 Å². The van der Waals surface area contributed by atoms with Gasteiger partial charge < -0.3 is 29.9 Å². The van der Waals surface area contributed by atoms with E-state index in [1.807, 2.05) is 13.0 Å². The number of phenolic OH excluding ortho intramolecular Hbond substituents is 1. The van der Waals surface area contributed by atoms with Crippen LogP contribution in [0.3, 0.4) is 0 Å². The van der Waals surface area contributed by atoms with E-state index in [0.29, 0.717) is 5.75 Å². The van der Waals surface area contributed by atoms with Gasteiger partial charge in [-0.05, 0) is 35.6 Å². The molecule has 1 N–H and O–H groups in total.